The van der Waals surface area contributed by atoms with E-state index >= 15 is 0 Å². The first kappa shape index (κ1) is 8.18. The second-order valence-corrected chi connectivity index (χ2v) is 5.73. The van der Waals surface area contributed by atoms with E-state index in [1.807, 2.05) is 0 Å². The van der Waals surface area contributed by atoms with E-state index in [-0.39, 0.29) is 0 Å². The Morgan fingerprint density at radius 3 is 2.50 bits per heavy atom. The number of hydrogen-bond donors (Lipinski definition) is 0. The first-order chi connectivity index (χ1) is 4.84. The molecule has 1 rings (SSSR count). The fraction of sp³-hybridized carbons (Fsp3) is 0.250. The minimum Gasteiger partial charge on any atom is -0.0978 e. The molecule has 0 aliphatic rings. The van der Waals surface area contributed by atoms with E-state index in [1.165, 1.54) is 10.9 Å². The van der Waals surface area contributed by atoms with E-state index in [4.69, 9.17) is 0 Å². The predicted octanol–water partition coefficient (Wildman–Crippen LogP) is 2.52. The van der Waals surface area contributed by atoms with Crippen molar-refractivity contribution in [3.05, 3.63) is 29.8 Å². The number of hydrogen-bond acceptors (Lipinski definition) is 0. The van der Waals surface area contributed by atoms with Gasteiger partial charge in [0.05, 0.1) is 0 Å². The summed E-state index contributed by atoms with van der Waals surface area (Å²) in [5.74, 6) is 0. The molecule has 10 heavy (non-hydrogen) atoms. The highest BCUT2D eigenvalue weighted by Gasteiger charge is 1.92. The van der Waals surface area contributed by atoms with E-state index in [0.717, 1.165) is 16.5 Å². The third kappa shape index (κ3) is 2.04. The smallest absolute Gasteiger partial charge is 0.0201 e. The molecule has 0 bridgehead atoms. The standard InChI is InChI=1S/C8H12P2/c1-7-5-3-4-6-8(7)10-9-2/h3-6,9-10H,1-2H3. The lowest BCUT2D eigenvalue weighted by Gasteiger charge is -2.01. The van der Waals surface area contributed by atoms with Crippen LogP contribution in [0.5, 0.6) is 0 Å². The number of aryl methyl sites for hydroxylation is 1. The van der Waals surface area contributed by atoms with Crippen LogP contribution in [0.25, 0.3) is 0 Å². The summed E-state index contributed by atoms with van der Waals surface area (Å²) >= 11 is 0. The van der Waals surface area contributed by atoms with Crippen molar-refractivity contribution < 1.29 is 0 Å². The van der Waals surface area contributed by atoms with Crippen molar-refractivity contribution in [3.8, 4) is 0 Å². The molecule has 0 radical (unpaired) electrons. The van der Waals surface area contributed by atoms with Gasteiger partial charge in [-0.2, -0.15) is 0 Å². The third-order valence-electron chi connectivity index (χ3n) is 1.40. The van der Waals surface area contributed by atoms with Gasteiger partial charge < -0.3 is 0 Å². The molecule has 2 unspecified atom stereocenters. The van der Waals surface area contributed by atoms with Crippen molar-refractivity contribution in [1.82, 2.24) is 0 Å². The highest BCUT2D eigenvalue weighted by molar-refractivity contribution is 8.15. The third-order valence-corrected chi connectivity index (χ3v) is 4.04. The van der Waals surface area contributed by atoms with E-state index in [0.29, 0.717) is 0 Å². The van der Waals surface area contributed by atoms with Crippen molar-refractivity contribution in [1.29, 1.82) is 0 Å². The number of benzene rings is 1. The van der Waals surface area contributed by atoms with E-state index in [2.05, 4.69) is 37.9 Å². The maximum absolute atomic E-state index is 2.25. The van der Waals surface area contributed by atoms with Gasteiger partial charge in [0, 0.05) is 0 Å². The van der Waals surface area contributed by atoms with Gasteiger partial charge in [-0.1, -0.05) is 40.8 Å². The van der Waals surface area contributed by atoms with E-state index in [9.17, 15) is 0 Å². The van der Waals surface area contributed by atoms with Crippen LogP contribution in [0.1, 0.15) is 5.56 Å². The Hall–Kier alpha value is 0.0800. The normalized spacial score (nSPS) is 12.2. The second-order valence-electron chi connectivity index (χ2n) is 2.19. The Morgan fingerprint density at radius 1 is 1.20 bits per heavy atom. The van der Waals surface area contributed by atoms with Gasteiger partial charge in [0.1, 0.15) is 0 Å². The first-order valence-corrected chi connectivity index (χ1v) is 6.83. The Kier molecular flexibility index (Phi) is 3.32. The summed E-state index contributed by atoms with van der Waals surface area (Å²) in [4.78, 5) is 0. The summed E-state index contributed by atoms with van der Waals surface area (Å²) in [6.45, 7) is 4.44. The molecule has 0 amide bonds. The molecule has 1 aromatic carbocycles. The maximum atomic E-state index is 2.25. The highest BCUT2D eigenvalue weighted by Crippen LogP contribution is 2.32. The van der Waals surface area contributed by atoms with Crippen molar-refractivity contribution in [2.75, 3.05) is 6.66 Å². The predicted molar refractivity (Wildman–Crippen MR) is 53.4 cm³/mol. The van der Waals surface area contributed by atoms with E-state index in [1.54, 1.807) is 0 Å². The molecule has 0 N–H and O–H groups in total. The zero-order valence-electron chi connectivity index (χ0n) is 6.31. The van der Waals surface area contributed by atoms with Crippen LogP contribution in [-0.4, -0.2) is 6.66 Å². The lowest BCUT2D eigenvalue weighted by molar-refractivity contribution is 1.52. The fourth-order valence-corrected chi connectivity index (χ4v) is 3.23. The molecular weight excluding hydrogens is 158 g/mol. The van der Waals surface area contributed by atoms with Gasteiger partial charge in [-0.3, -0.25) is 0 Å². The molecule has 54 valence electrons. The molecule has 0 nitrogen and oxygen atoms in total. The van der Waals surface area contributed by atoms with Gasteiger partial charge in [-0.15, -0.1) is 0 Å². The molecule has 1 aromatic rings. The average molecular weight is 170 g/mol. The lowest BCUT2D eigenvalue weighted by Crippen LogP contribution is -1.95. The molecule has 0 saturated heterocycles. The van der Waals surface area contributed by atoms with Crippen LogP contribution in [0.4, 0.5) is 0 Å². The zero-order chi connectivity index (χ0) is 7.40. The van der Waals surface area contributed by atoms with Gasteiger partial charge in [-0.25, -0.2) is 0 Å². The van der Waals surface area contributed by atoms with Crippen LogP contribution >= 0.6 is 16.5 Å². The monoisotopic (exact) mass is 170 g/mol. The molecule has 2 atom stereocenters. The Bertz CT molecular complexity index is 208. The largest absolute Gasteiger partial charge is 0.0978 e. The van der Waals surface area contributed by atoms with Crippen LogP contribution in [-0.2, 0) is 0 Å². The van der Waals surface area contributed by atoms with Gasteiger partial charge in [0.15, 0.2) is 0 Å². The Balaban J connectivity index is 2.81. The van der Waals surface area contributed by atoms with Gasteiger partial charge in [0.25, 0.3) is 0 Å². The number of rotatable bonds is 2. The topological polar surface area (TPSA) is 0 Å². The molecule has 0 heterocycles. The van der Waals surface area contributed by atoms with Gasteiger partial charge >= 0.3 is 0 Å². The van der Waals surface area contributed by atoms with Crippen molar-refractivity contribution >= 4 is 21.8 Å². The zero-order valence-corrected chi connectivity index (χ0v) is 8.31. The molecule has 0 spiro atoms. The van der Waals surface area contributed by atoms with Crippen molar-refractivity contribution in [2.45, 2.75) is 6.92 Å². The van der Waals surface area contributed by atoms with Crippen LogP contribution in [0, 0.1) is 6.92 Å². The molecule has 0 aliphatic carbocycles. The average Bonchev–Trinajstić information content (AvgIpc) is 1.94. The Morgan fingerprint density at radius 2 is 1.90 bits per heavy atom. The highest BCUT2D eigenvalue weighted by atomic mass is 32.0. The fourth-order valence-electron chi connectivity index (χ4n) is 0.848. The Labute approximate surface area is 65.9 Å². The summed E-state index contributed by atoms with van der Waals surface area (Å²) in [6, 6.07) is 8.63. The molecule has 0 aliphatic heterocycles. The van der Waals surface area contributed by atoms with Crippen LogP contribution in [0.15, 0.2) is 24.3 Å². The van der Waals surface area contributed by atoms with Crippen LogP contribution in [0.3, 0.4) is 0 Å². The van der Waals surface area contributed by atoms with Crippen LogP contribution < -0.4 is 5.30 Å². The minimum absolute atomic E-state index is 1.01. The summed E-state index contributed by atoms with van der Waals surface area (Å²) in [7, 11) is 2.07. The van der Waals surface area contributed by atoms with Crippen molar-refractivity contribution in [3.63, 3.8) is 0 Å². The van der Waals surface area contributed by atoms with Gasteiger partial charge in [0.2, 0.25) is 0 Å². The van der Waals surface area contributed by atoms with E-state index < -0.39 is 0 Å². The van der Waals surface area contributed by atoms with Gasteiger partial charge in [-0.05, 0) is 24.5 Å². The molecule has 2 heteroatoms. The molecule has 0 saturated carbocycles. The minimum atomic E-state index is 1.01. The molecule has 0 aromatic heterocycles. The quantitative estimate of drug-likeness (QED) is 0.598. The van der Waals surface area contributed by atoms with Crippen molar-refractivity contribution in [2.24, 2.45) is 0 Å². The first-order valence-electron chi connectivity index (χ1n) is 3.33. The maximum Gasteiger partial charge on any atom is -0.0201 e. The van der Waals surface area contributed by atoms with Crippen LogP contribution in [0.2, 0.25) is 0 Å². The molecule has 0 fully saturated rings. The summed E-state index contributed by atoms with van der Waals surface area (Å²) in [5.41, 5.74) is 1.44. The summed E-state index contributed by atoms with van der Waals surface area (Å²) < 4.78 is 0. The lowest BCUT2D eigenvalue weighted by atomic mass is 10.2. The second kappa shape index (κ2) is 4.06. The molecular formula is C8H12P2. The summed E-state index contributed by atoms with van der Waals surface area (Å²) in [6.07, 6.45) is 0. The SMILES string of the molecule is CPPc1ccccc1C. The summed E-state index contributed by atoms with van der Waals surface area (Å²) in [5, 5.41) is 1.53.